The van der Waals surface area contributed by atoms with Crippen molar-refractivity contribution in [2.24, 2.45) is 5.73 Å². The maximum atomic E-state index is 13.4. The Kier molecular flexibility index (Phi) is 7.56. The van der Waals surface area contributed by atoms with Crippen LogP contribution in [-0.2, 0) is 12.8 Å². The maximum Gasteiger partial charge on any atom is 0.123 e. The van der Waals surface area contributed by atoms with Crippen LogP contribution in [0.25, 0.3) is 0 Å². The van der Waals surface area contributed by atoms with Crippen molar-refractivity contribution in [3.05, 3.63) is 70.5 Å². The van der Waals surface area contributed by atoms with Crippen LogP contribution in [0.15, 0.2) is 42.5 Å². The molecule has 0 saturated carbocycles. The minimum absolute atomic E-state index is 0.142. The molecular formula is C21H29FN2O. The summed E-state index contributed by atoms with van der Waals surface area (Å²) in [6.45, 7) is 1.69. The number of benzene rings is 2. The number of likely N-dealkylation sites (N-methyl/N-ethyl adjacent to an activating group) is 1. The van der Waals surface area contributed by atoms with Gasteiger partial charge in [0, 0.05) is 6.54 Å². The molecule has 0 amide bonds. The normalized spacial score (nSPS) is 15.7. The first-order chi connectivity index (χ1) is 12.0. The molecule has 0 fully saturated rings. The Labute approximate surface area is 150 Å². The number of hydrogen-bond donors (Lipinski definition) is 2. The van der Waals surface area contributed by atoms with E-state index in [1.165, 1.54) is 16.7 Å². The van der Waals surface area contributed by atoms with Crippen LogP contribution in [0.5, 0.6) is 0 Å². The molecule has 0 saturated heterocycles. The van der Waals surface area contributed by atoms with Gasteiger partial charge in [0.1, 0.15) is 5.82 Å². The highest BCUT2D eigenvalue weighted by Crippen LogP contribution is 2.33. The van der Waals surface area contributed by atoms with E-state index < -0.39 is 0 Å². The summed E-state index contributed by atoms with van der Waals surface area (Å²) < 4.78 is 13.4. The molecule has 1 aliphatic rings. The third-order valence-electron chi connectivity index (χ3n) is 4.57. The molecule has 4 heteroatoms. The molecule has 0 aromatic heterocycles. The smallest absolute Gasteiger partial charge is 0.123 e. The van der Waals surface area contributed by atoms with Crippen molar-refractivity contribution in [2.45, 2.75) is 25.2 Å². The fraction of sp³-hybridized carbons (Fsp3) is 0.429. The van der Waals surface area contributed by atoms with Gasteiger partial charge in [0.25, 0.3) is 0 Å². The zero-order valence-electron chi connectivity index (χ0n) is 15.2. The fourth-order valence-corrected chi connectivity index (χ4v) is 3.29. The van der Waals surface area contributed by atoms with Crippen molar-refractivity contribution >= 4 is 0 Å². The van der Waals surface area contributed by atoms with Gasteiger partial charge in [0.2, 0.25) is 0 Å². The van der Waals surface area contributed by atoms with Gasteiger partial charge in [-0.1, -0.05) is 30.3 Å². The zero-order valence-corrected chi connectivity index (χ0v) is 15.2. The summed E-state index contributed by atoms with van der Waals surface area (Å²) in [6.07, 6.45) is 2.74. The molecule has 0 aliphatic heterocycles. The van der Waals surface area contributed by atoms with E-state index in [4.69, 9.17) is 10.8 Å². The maximum absolute atomic E-state index is 13.4. The number of nitrogens with zero attached hydrogens (tertiary/aromatic N) is 1. The molecule has 3 nitrogen and oxygen atoms in total. The predicted octanol–water partition coefficient (Wildman–Crippen LogP) is 2.95. The van der Waals surface area contributed by atoms with Crippen molar-refractivity contribution < 1.29 is 9.50 Å². The van der Waals surface area contributed by atoms with Gasteiger partial charge in [0.15, 0.2) is 0 Å². The van der Waals surface area contributed by atoms with E-state index >= 15 is 0 Å². The van der Waals surface area contributed by atoms with Crippen molar-refractivity contribution in [2.75, 3.05) is 33.8 Å². The van der Waals surface area contributed by atoms with Gasteiger partial charge >= 0.3 is 0 Å². The van der Waals surface area contributed by atoms with E-state index in [9.17, 15) is 4.39 Å². The van der Waals surface area contributed by atoms with Gasteiger partial charge in [-0.05, 0) is 80.2 Å². The molecular weight excluding hydrogens is 315 g/mol. The highest BCUT2D eigenvalue weighted by molar-refractivity contribution is 5.42. The highest BCUT2D eigenvalue weighted by atomic mass is 19.1. The van der Waals surface area contributed by atoms with E-state index in [0.29, 0.717) is 12.5 Å². The SMILES string of the molecule is CN(C)CCO.NCC[C@H]1Cc2cc(F)ccc2Cc2ccccc21. The standard InChI is InChI=1S/C17H18FN.C4H11NO/c18-16-6-5-12-9-13-3-1-2-4-17(13)14(7-8-19)10-15(12)11-16;1-5(2)3-4-6/h1-6,11,14H,7-10,19H2;6H,3-4H2,1-2H3/t14-;/m0./s1. The summed E-state index contributed by atoms with van der Waals surface area (Å²) in [5, 5.41) is 8.20. The van der Waals surface area contributed by atoms with Crippen LogP contribution in [0.2, 0.25) is 0 Å². The van der Waals surface area contributed by atoms with E-state index in [1.807, 2.05) is 25.1 Å². The van der Waals surface area contributed by atoms with Gasteiger partial charge in [-0.3, -0.25) is 0 Å². The Morgan fingerprint density at radius 2 is 1.88 bits per heavy atom. The van der Waals surface area contributed by atoms with Crippen molar-refractivity contribution in [1.29, 1.82) is 0 Å². The van der Waals surface area contributed by atoms with Crippen LogP contribution >= 0.6 is 0 Å². The minimum Gasteiger partial charge on any atom is -0.395 e. The van der Waals surface area contributed by atoms with Crippen molar-refractivity contribution in [1.82, 2.24) is 4.90 Å². The molecule has 0 bridgehead atoms. The van der Waals surface area contributed by atoms with Crippen molar-refractivity contribution in [3.63, 3.8) is 0 Å². The molecule has 0 heterocycles. The lowest BCUT2D eigenvalue weighted by Gasteiger charge is -2.17. The number of nitrogens with two attached hydrogens (primary N) is 1. The molecule has 0 unspecified atom stereocenters. The Morgan fingerprint density at radius 1 is 1.12 bits per heavy atom. The van der Waals surface area contributed by atoms with Gasteiger partial charge in [-0.25, -0.2) is 4.39 Å². The average molecular weight is 344 g/mol. The lowest BCUT2D eigenvalue weighted by molar-refractivity contribution is 0.243. The number of aliphatic hydroxyl groups excluding tert-OH is 1. The molecule has 1 atom stereocenters. The second-order valence-electron chi connectivity index (χ2n) is 6.79. The topological polar surface area (TPSA) is 49.5 Å². The number of rotatable bonds is 4. The minimum atomic E-state index is -0.142. The van der Waals surface area contributed by atoms with E-state index in [1.54, 1.807) is 12.1 Å². The molecule has 3 rings (SSSR count). The molecule has 0 radical (unpaired) electrons. The zero-order chi connectivity index (χ0) is 18.2. The Bertz CT molecular complexity index is 673. The van der Waals surface area contributed by atoms with E-state index in [2.05, 4.69) is 24.3 Å². The predicted molar refractivity (Wildman–Crippen MR) is 101 cm³/mol. The van der Waals surface area contributed by atoms with Gasteiger partial charge < -0.3 is 15.7 Å². The molecule has 0 spiro atoms. The monoisotopic (exact) mass is 344 g/mol. The Hall–Kier alpha value is -1.75. The summed E-state index contributed by atoms with van der Waals surface area (Å²) in [7, 11) is 3.85. The van der Waals surface area contributed by atoms with Gasteiger partial charge in [-0.2, -0.15) is 0 Å². The van der Waals surface area contributed by atoms with Crippen LogP contribution in [0.1, 0.15) is 34.6 Å². The summed E-state index contributed by atoms with van der Waals surface area (Å²) >= 11 is 0. The summed E-state index contributed by atoms with van der Waals surface area (Å²) in [4.78, 5) is 1.93. The fourth-order valence-electron chi connectivity index (χ4n) is 3.29. The summed E-state index contributed by atoms with van der Waals surface area (Å²) in [5.41, 5.74) is 10.9. The van der Waals surface area contributed by atoms with E-state index in [-0.39, 0.29) is 12.4 Å². The second-order valence-corrected chi connectivity index (χ2v) is 6.79. The number of fused-ring (bicyclic) bond motifs is 2. The van der Waals surface area contributed by atoms with Crippen LogP contribution in [0.4, 0.5) is 4.39 Å². The number of aliphatic hydroxyl groups is 1. The largest absolute Gasteiger partial charge is 0.395 e. The molecule has 25 heavy (non-hydrogen) atoms. The lowest BCUT2D eigenvalue weighted by Crippen LogP contribution is -2.15. The number of halogens is 1. The average Bonchev–Trinajstić information content (AvgIpc) is 2.72. The summed E-state index contributed by atoms with van der Waals surface area (Å²) in [5.74, 6) is 0.264. The van der Waals surface area contributed by atoms with Gasteiger partial charge in [-0.15, -0.1) is 0 Å². The quantitative estimate of drug-likeness (QED) is 0.897. The van der Waals surface area contributed by atoms with Crippen LogP contribution in [0, 0.1) is 5.82 Å². The first-order valence-electron chi connectivity index (χ1n) is 8.86. The molecule has 136 valence electrons. The highest BCUT2D eigenvalue weighted by Gasteiger charge is 2.21. The molecule has 1 aliphatic carbocycles. The third kappa shape index (κ3) is 5.63. The third-order valence-corrected chi connectivity index (χ3v) is 4.57. The first kappa shape index (κ1) is 19.6. The lowest BCUT2D eigenvalue weighted by atomic mass is 9.89. The molecule has 3 N–H and O–H groups in total. The van der Waals surface area contributed by atoms with Crippen LogP contribution in [0.3, 0.4) is 0 Å². The van der Waals surface area contributed by atoms with Crippen LogP contribution < -0.4 is 5.73 Å². The van der Waals surface area contributed by atoms with Gasteiger partial charge in [0.05, 0.1) is 6.61 Å². The summed E-state index contributed by atoms with van der Waals surface area (Å²) in [6, 6.07) is 13.7. The van der Waals surface area contributed by atoms with Crippen molar-refractivity contribution in [3.8, 4) is 0 Å². The van der Waals surface area contributed by atoms with E-state index in [0.717, 1.165) is 31.4 Å². The molecule has 2 aromatic carbocycles. The molecule has 2 aromatic rings. The first-order valence-corrected chi connectivity index (χ1v) is 8.86. The number of hydrogen-bond acceptors (Lipinski definition) is 3. The van der Waals surface area contributed by atoms with Crippen LogP contribution in [-0.4, -0.2) is 43.8 Å². The Morgan fingerprint density at radius 3 is 2.52 bits per heavy atom. The Balaban J connectivity index is 0.000000326. The second kappa shape index (κ2) is 9.66.